The van der Waals surface area contributed by atoms with Gasteiger partial charge in [-0.2, -0.15) is 12.7 Å². The molecule has 0 aromatic carbocycles. The van der Waals surface area contributed by atoms with Gasteiger partial charge in [-0.3, -0.25) is 0 Å². The van der Waals surface area contributed by atoms with Gasteiger partial charge in [0.25, 0.3) is 10.2 Å². The van der Waals surface area contributed by atoms with Gasteiger partial charge in [-0.15, -0.1) is 11.3 Å². The Morgan fingerprint density at radius 1 is 1.48 bits per heavy atom. The standard InChI is InChI=1S/C13H22BrN3O2S2/c1-15-9-11-3-2-8-17(10-11)21(18,19)16-7-6-12-4-5-13(14)20-12/h4-5,11,15-16H,2-3,6-10H2,1H3. The molecule has 0 aliphatic carbocycles. The molecule has 5 nitrogen and oxygen atoms in total. The normalized spacial score (nSPS) is 20.8. The van der Waals surface area contributed by atoms with E-state index in [1.807, 2.05) is 19.2 Å². The molecular weight excluding hydrogens is 374 g/mol. The summed E-state index contributed by atoms with van der Waals surface area (Å²) in [6.45, 7) is 2.55. The fourth-order valence-corrected chi connectivity index (χ4v) is 5.38. The smallest absolute Gasteiger partial charge is 0.279 e. The Bertz CT molecular complexity index is 545. The van der Waals surface area contributed by atoms with E-state index < -0.39 is 10.2 Å². The number of rotatable bonds is 7. The Morgan fingerprint density at radius 2 is 2.29 bits per heavy atom. The van der Waals surface area contributed by atoms with Crippen LogP contribution in [-0.4, -0.2) is 45.9 Å². The summed E-state index contributed by atoms with van der Waals surface area (Å²) in [7, 11) is -1.44. The molecule has 1 fully saturated rings. The molecule has 0 radical (unpaired) electrons. The highest BCUT2D eigenvalue weighted by atomic mass is 79.9. The lowest BCUT2D eigenvalue weighted by atomic mass is 10.00. The number of piperidine rings is 1. The number of nitrogens with one attached hydrogen (secondary N) is 2. The van der Waals surface area contributed by atoms with Crippen molar-refractivity contribution < 1.29 is 8.42 Å². The Kier molecular flexibility index (Phi) is 6.64. The zero-order chi connectivity index (χ0) is 15.3. The lowest BCUT2D eigenvalue weighted by molar-refractivity contribution is 0.261. The highest BCUT2D eigenvalue weighted by molar-refractivity contribution is 9.11. The van der Waals surface area contributed by atoms with E-state index in [1.54, 1.807) is 15.6 Å². The monoisotopic (exact) mass is 395 g/mol. The topological polar surface area (TPSA) is 61.4 Å². The van der Waals surface area contributed by atoms with Crippen molar-refractivity contribution in [2.24, 2.45) is 5.92 Å². The first-order chi connectivity index (χ1) is 10.0. The van der Waals surface area contributed by atoms with Crippen LogP contribution in [0.1, 0.15) is 17.7 Å². The van der Waals surface area contributed by atoms with E-state index >= 15 is 0 Å². The fraction of sp³-hybridized carbons (Fsp3) is 0.692. The molecular formula is C13H22BrN3O2S2. The summed E-state index contributed by atoms with van der Waals surface area (Å²) >= 11 is 5.05. The van der Waals surface area contributed by atoms with Crippen LogP contribution in [0.15, 0.2) is 15.9 Å². The maximum Gasteiger partial charge on any atom is 0.279 e. The van der Waals surface area contributed by atoms with Gasteiger partial charge in [0, 0.05) is 24.5 Å². The third kappa shape index (κ3) is 5.30. The van der Waals surface area contributed by atoms with Crippen LogP contribution in [0.25, 0.3) is 0 Å². The average Bonchev–Trinajstić information content (AvgIpc) is 2.85. The Hall–Kier alpha value is 0.01000. The Balaban J connectivity index is 1.83. The molecule has 0 saturated carbocycles. The van der Waals surface area contributed by atoms with Gasteiger partial charge >= 0.3 is 0 Å². The predicted octanol–water partition coefficient (Wildman–Crippen LogP) is 1.82. The molecule has 1 aliphatic rings. The average molecular weight is 396 g/mol. The molecule has 1 aliphatic heterocycles. The first-order valence-electron chi connectivity index (χ1n) is 7.15. The van der Waals surface area contributed by atoms with Crippen molar-refractivity contribution in [2.45, 2.75) is 19.3 Å². The molecule has 1 atom stereocenters. The lowest BCUT2D eigenvalue weighted by Crippen LogP contribution is -2.47. The first-order valence-corrected chi connectivity index (χ1v) is 10.2. The largest absolute Gasteiger partial charge is 0.319 e. The lowest BCUT2D eigenvalue weighted by Gasteiger charge is -2.31. The van der Waals surface area contributed by atoms with E-state index in [-0.39, 0.29) is 0 Å². The van der Waals surface area contributed by atoms with Crippen molar-refractivity contribution in [3.63, 3.8) is 0 Å². The van der Waals surface area contributed by atoms with Crippen molar-refractivity contribution in [2.75, 3.05) is 33.2 Å². The van der Waals surface area contributed by atoms with Crippen LogP contribution in [0.5, 0.6) is 0 Å². The van der Waals surface area contributed by atoms with E-state index in [4.69, 9.17) is 0 Å². The summed E-state index contributed by atoms with van der Waals surface area (Å²) in [5.74, 6) is 0.411. The number of hydrogen-bond acceptors (Lipinski definition) is 4. The molecule has 8 heteroatoms. The summed E-state index contributed by atoms with van der Waals surface area (Å²) in [6, 6.07) is 4.01. The molecule has 2 heterocycles. The highest BCUT2D eigenvalue weighted by Gasteiger charge is 2.28. The van der Waals surface area contributed by atoms with Gasteiger partial charge < -0.3 is 5.32 Å². The molecule has 21 heavy (non-hydrogen) atoms. The van der Waals surface area contributed by atoms with Gasteiger partial charge in [-0.1, -0.05) is 0 Å². The van der Waals surface area contributed by atoms with Crippen LogP contribution in [0, 0.1) is 5.92 Å². The van der Waals surface area contributed by atoms with Crippen LogP contribution >= 0.6 is 27.3 Å². The van der Waals surface area contributed by atoms with Gasteiger partial charge in [0.1, 0.15) is 0 Å². The predicted molar refractivity (Wildman–Crippen MR) is 90.9 cm³/mol. The van der Waals surface area contributed by atoms with Crippen LogP contribution in [0.3, 0.4) is 0 Å². The quantitative estimate of drug-likeness (QED) is 0.739. The molecule has 1 saturated heterocycles. The van der Waals surface area contributed by atoms with Gasteiger partial charge in [0.2, 0.25) is 0 Å². The van der Waals surface area contributed by atoms with Crippen molar-refractivity contribution in [3.8, 4) is 0 Å². The number of thiophene rings is 1. The van der Waals surface area contributed by atoms with Gasteiger partial charge in [-0.05, 0) is 66.8 Å². The second kappa shape index (κ2) is 8.03. The van der Waals surface area contributed by atoms with Crippen LogP contribution in [-0.2, 0) is 16.6 Å². The summed E-state index contributed by atoms with van der Waals surface area (Å²) in [6.07, 6.45) is 2.75. The summed E-state index contributed by atoms with van der Waals surface area (Å²) in [5, 5.41) is 3.13. The first kappa shape index (κ1) is 17.4. The molecule has 1 unspecified atom stereocenters. The van der Waals surface area contributed by atoms with Crippen LogP contribution in [0.4, 0.5) is 0 Å². The van der Waals surface area contributed by atoms with Crippen molar-refractivity contribution >= 4 is 37.5 Å². The summed E-state index contributed by atoms with van der Waals surface area (Å²) in [4.78, 5) is 1.18. The maximum absolute atomic E-state index is 12.3. The van der Waals surface area contributed by atoms with Crippen molar-refractivity contribution in [3.05, 3.63) is 20.8 Å². The summed E-state index contributed by atoms with van der Waals surface area (Å²) < 4.78 is 30.0. The molecule has 2 rings (SSSR count). The molecule has 1 aromatic heterocycles. The third-order valence-corrected chi connectivity index (χ3v) is 6.86. The van der Waals surface area contributed by atoms with Crippen LogP contribution in [0.2, 0.25) is 0 Å². The van der Waals surface area contributed by atoms with E-state index in [1.165, 1.54) is 4.88 Å². The molecule has 2 N–H and O–H groups in total. The number of halogens is 1. The van der Waals surface area contributed by atoms with Crippen LogP contribution < -0.4 is 10.0 Å². The highest BCUT2D eigenvalue weighted by Crippen LogP contribution is 2.22. The number of hydrogen-bond donors (Lipinski definition) is 2. The second-order valence-electron chi connectivity index (χ2n) is 5.28. The molecule has 1 aromatic rings. The van der Waals surface area contributed by atoms with E-state index in [2.05, 4.69) is 26.0 Å². The third-order valence-electron chi connectivity index (χ3n) is 3.60. The minimum atomic E-state index is -3.35. The van der Waals surface area contributed by atoms with Gasteiger partial charge in [0.05, 0.1) is 3.79 Å². The SMILES string of the molecule is CNCC1CCCN(S(=O)(=O)NCCc2ccc(Br)s2)C1. The zero-order valence-corrected chi connectivity index (χ0v) is 15.4. The molecule has 0 amide bonds. The molecule has 120 valence electrons. The zero-order valence-electron chi connectivity index (χ0n) is 12.1. The second-order valence-corrected chi connectivity index (χ2v) is 9.58. The summed E-state index contributed by atoms with van der Waals surface area (Å²) in [5.41, 5.74) is 0. The Morgan fingerprint density at radius 3 is 2.95 bits per heavy atom. The Labute approximate surface area is 139 Å². The van der Waals surface area contributed by atoms with Gasteiger partial charge in [-0.25, -0.2) is 4.72 Å². The van der Waals surface area contributed by atoms with E-state index in [9.17, 15) is 8.42 Å². The minimum absolute atomic E-state index is 0.411. The minimum Gasteiger partial charge on any atom is -0.319 e. The molecule has 0 bridgehead atoms. The van der Waals surface area contributed by atoms with E-state index in [0.717, 1.165) is 29.6 Å². The van der Waals surface area contributed by atoms with Crippen molar-refractivity contribution in [1.82, 2.24) is 14.3 Å². The molecule has 0 spiro atoms. The maximum atomic E-state index is 12.3. The number of nitrogens with zero attached hydrogens (tertiary/aromatic N) is 1. The van der Waals surface area contributed by atoms with Gasteiger partial charge in [0.15, 0.2) is 0 Å². The fourth-order valence-electron chi connectivity index (χ4n) is 2.58. The van der Waals surface area contributed by atoms with Crippen molar-refractivity contribution in [1.29, 1.82) is 0 Å². The van der Waals surface area contributed by atoms with E-state index in [0.29, 0.717) is 25.6 Å².